The lowest BCUT2D eigenvalue weighted by atomic mass is 9.61. The lowest BCUT2D eigenvalue weighted by molar-refractivity contribution is -0.0637. The molecular formula is C22H40O3S. The smallest absolute Gasteiger partial charge is 0.154 e. The number of hydrogen-bond donors (Lipinski definition) is 1. The zero-order chi connectivity index (χ0) is 18.8. The van der Waals surface area contributed by atoms with Gasteiger partial charge in [-0.1, -0.05) is 71.6 Å². The van der Waals surface area contributed by atoms with E-state index in [9.17, 15) is 13.5 Å². The summed E-state index contributed by atoms with van der Waals surface area (Å²) in [7, 11) is -3.13. The van der Waals surface area contributed by atoms with E-state index in [1.807, 2.05) is 0 Å². The molecule has 3 fully saturated rings. The fraction of sp³-hybridized carbons (Fsp3) is 1.00. The van der Waals surface area contributed by atoms with Gasteiger partial charge in [-0.3, -0.25) is 0 Å². The third-order valence-electron chi connectivity index (χ3n) is 8.12. The molecule has 2 saturated carbocycles. The fourth-order valence-corrected chi connectivity index (χ4v) is 9.52. The molecular weight excluding hydrogens is 344 g/mol. The Kier molecular flexibility index (Phi) is 6.75. The Balaban J connectivity index is 2.03. The monoisotopic (exact) mass is 384 g/mol. The van der Waals surface area contributed by atoms with Gasteiger partial charge in [0, 0.05) is 5.41 Å². The highest BCUT2D eigenvalue weighted by atomic mass is 32.2. The molecule has 1 heterocycles. The van der Waals surface area contributed by atoms with E-state index in [1.165, 1.54) is 32.1 Å². The second kappa shape index (κ2) is 8.51. The van der Waals surface area contributed by atoms with Crippen molar-refractivity contribution in [2.45, 2.75) is 109 Å². The van der Waals surface area contributed by atoms with Crippen molar-refractivity contribution in [3.8, 4) is 0 Å². The van der Waals surface area contributed by atoms with Crippen molar-refractivity contribution in [3.63, 3.8) is 0 Å². The number of unbranched alkanes of at least 4 members (excludes halogenated alkanes) is 1. The highest BCUT2D eigenvalue weighted by Gasteiger charge is 2.55. The molecule has 0 radical (unpaired) electrons. The van der Waals surface area contributed by atoms with Crippen LogP contribution >= 0.6 is 0 Å². The van der Waals surface area contributed by atoms with Crippen LogP contribution in [0.4, 0.5) is 0 Å². The molecule has 0 aromatic heterocycles. The van der Waals surface area contributed by atoms with Crippen molar-refractivity contribution in [3.05, 3.63) is 0 Å². The van der Waals surface area contributed by atoms with Gasteiger partial charge >= 0.3 is 0 Å². The number of aliphatic hydroxyl groups excluding tert-OH is 1. The van der Waals surface area contributed by atoms with Crippen LogP contribution in [-0.2, 0) is 9.84 Å². The molecule has 1 N–H and O–H groups in total. The van der Waals surface area contributed by atoms with E-state index in [1.54, 1.807) is 0 Å². The number of sulfone groups is 1. The summed E-state index contributed by atoms with van der Waals surface area (Å²) >= 11 is 0. The number of aliphatic hydroxyl groups is 1. The first-order valence-corrected chi connectivity index (χ1v) is 13.1. The molecule has 3 rings (SSSR count). The largest absolute Gasteiger partial charge is 0.392 e. The zero-order valence-electron chi connectivity index (χ0n) is 17.0. The van der Waals surface area contributed by atoms with Gasteiger partial charge in [0.25, 0.3) is 0 Å². The highest BCUT2D eigenvalue weighted by Crippen LogP contribution is 2.52. The Morgan fingerprint density at radius 2 is 1.62 bits per heavy atom. The number of rotatable bonds is 5. The first-order chi connectivity index (χ1) is 12.4. The van der Waals surface area contributed by atoms with Gasteiger partial charge < -0.3 is 5.11 Å². The van der Waals surface area contributed by atoms with Gasteiger partial charge in [0.15, 0.2) is 9.84 Å². The summed E-state index contributed by atoms with van der Waals surface area (Å²) in [5, 5.41) is 11.6. The van der Waals surface area contributed by atoms with Crippen LogP contribution in [0.2, 0.25) is 0 Å². The van der Waals surface area contributed by atoms with Crippen LogP contribution in [0.3, 0.4) is 0 Å². The summed E-state index contributed by atoms with van der Waals surface area (Å²) in [4.78, 5) is 0. The van der Waals surface area contributed by atoms with E-state index in [2.05, 4.69) is 13.8 Å². The van der Waals surface area contributed by atoms with Crippen LogP contribution in [0, 0.1) is 23.2 Å². The molecule has 3 unspecified atom stereocenters. The first kappa shape index (κ1) is 20.6. The maximum absolute atomic E-state index is 13.4. The van der Waals surface area contributed by atoms with Gasteiger partial charge in [0.05, 0.1) is 17.1 Å². The van der Waals surface area contributed by atoms with Gasteiger partial charge in [-0.2, -0.15) is 0 Å². The standard InChI is InChI=1S/C22H40O3S/c1-3-5-15-22(4-2)16-26(24,25)19-14-10-9-13-18(19)20(21(22)23)17-11-7-6-8-12-17/h17-21,23H,3-16H2,1-2H3/t18?,19?,20-,21?,22+/m0/s1. The second-order valence-corrected chi connectivity index (χ2v) is 11.8. The summed E-state index contributed by atoms with van der Waals surface area (Å²) in [6.07, 6.45) is 13.5. The predicted molar refractivity (Wildman–Crippen MR) is 108 cm³/mol. The van der Waals surface area contributed by atoms with E-state index < -0.39 is 21.4 Å². The minimum absolute atomic E-state index is 0.187. The van der Waals surface area contributed by atoms with Crippen molar-refractivity contribution in [1.82, 2.24) is 0 Å². The van der Waals surface area contributed by atoms with Crippen molar-refractivity contribution >= 4 is 9.84 Å². The molecule has 1 aliphatic heterocycles. The van der Waals surface area contributed by atoms with Crippen LogP contribution in [0.25, 0.3) is 0 Å². The van der Waals surface area contributed by atoms with Gasteiger partial charge in [0.1, 0.15) is 0 Å². The molecule has 0 spiro atoms. The van der Waals surface area contributed by atoms with Crippen molar-refractivity contribution in [2.24, 2.45) is 23.2 Å². The maximum Gasteiger partial charge on any atom is 0.154 e. The van der Waals surface area contributed by atoms with Crippen molar-refractivity contribution in [2.75, 3.05) is 5.75 Å². The normalized spacial score (nSPS) is 41.3. The molecule has 152 valence electrons. The van der Waals surface area contributed by atoms with Crippen molar-refractivity contribution < 1.29 is 13.5 Å². The molecule has 3 aliphatic rings. The molecule has 5 atom stereocenters. The zero-order valence-corrected chi connectivity index (χ0v) is 17.8. The molecule has 0 bridgehead atoms. The highest BCUT2D eigenvalue weighted by molar-refractivity contribution is 7.92. The van der Waals surface area contributed by atoms with E-state index >= 15 is 0 Å². The quantitative estimate of drug-likeness (QED) is 0.716. The Labute approximate surface area is 161 Å². The molecule has 4 heteroatoms. The molecule has 0 aromatic carbocycles. The Morgan fingerprint density at radius 1 is 0.962 bits per heavy atom. The van der Waals surface area contributed by atoms with Gasteiger partial charge in [-0.25, -0.2) is 8.42 Å². The summed E-state index contributed by atoms with van der Waals surface area (Å²) in [6.45, 7) is 4.28. The first-order valence-electron chi connectivity index (χ1n) is 11.3. The molecule has 0 amide bonds. The average molecular weight is 385 g/mol. The molecule has 2 aliphatic carbocycles. The topological polar surface area (TPSA) is 54.4 Å². The van der Waals surface area contributed by atoms with Gasteiger partial charge in [0.2, 0.25) is 0 Å². The Hall–Kier alpha value is -0.0900. The summed E-state index contributed by atoms with van der Waals surface area (Å²) in [6, 6.07) is 0. The fourth-order valence-electron chi connectivity index (χ4n) is 6.61. The van der Waals surface area contributed by atoms with Gasteiger partial charge in [-0.15, -0.1) is 0 Å². The second-order valence-electron chi connectivity index (χ2n) is 9.53. The van der Waals surface area contributed by atoms with E-state index in [-0.39, 0.29) is 22.8 Å². The Bertz CT molecular complexity index is 552. The number of fused-ring (bicyclic) bond motifs is 1. The van der Waals surface area contributed by atoms with Crippen LogP contribution < -0.4 is 0 Å². The lowest BCUT2D eigenvalue weighted by Crippen LogP contribution is -2.47. The van der Waals surface area contributed by atoms with Crippen LogP contribution in [0.5, 0.6) is 0 Å². The predicted octanol–water partition coefficient (Wildman–Crippen LogP) is 5.12. The summed E-state index contributed by atoms with van der Waals surface area (Å²) in [5.41, 5.74) is -0.422. The van der Waals surface area contributed by atoms with Crippen molar-refractivity contribution in [1.29, 1.82) is 0 Å². The van der Waals surface area contributed by atoms with E-state index in [0.717, 1.165) is 51.4 Å². The molecule has 3 nitrogen and oxygen atoms in total. The van der Waals surface area contributed by atoms with E-state index in [0.29, 0.717) is 5.92 Å². The maximum atomic E-state index is 13.4. The summed E-state index contributed by atoms with van der Waals surface area (Å²) in [5.74, 6) is 1.16. The number of hydrogen-bond acceptors (Lipinski definition) is 3. The van der Waals surface area contributed by atoms with E-state index in [4.69, 9.17) is 0 Å². The summed E-state index contributed by atoms with van der Waals surface area (Å²) < 4.78 is 26.9. The van der Waals surface area contributed by atoms with Crippen LogP contribution in [0.15, 0.2) is 0 Å². The molecule has 0 aromatic rings. The molecule has 1 saturated heterocycles. The minimum atomic E-state index is -3.13. The minimum Gasteiger partial charge on any atom is -0.392 e. The van der Waals surface area contributed by atoms with Crippen LogP contribution in [0.1, 0.15) is 97.3 Å². The third kappa shape index (κ3) is 3.87. The average Bonchev–Trinajstić information content (AvgIpc) is 2.73. The SMILES string of the molecule is CCCC[C@]1(CC)CS(=O)(=O)C2CCCCC2[C@H](C2CCCCC2)C1O. The Morgan fingerprint density at radius 3 is 2.27 bits per heavy atom. The lowest BCUT2D eigenvalue weighted by Gasteiger charge is -2.46. The molecule has 26 heavy (non-hydrogen) atoms. The van der Waals surface area contributed by atoms with Crippen LogP contribution in [-0.4, -0.2) is 30.6 Å². The van der Waals surface area contributed by atoms with Gasteiger partial charge in [-0.05, 0) is 43.4 Å². The third-order valence-corrected chi connectivity index (χ3v) is 10.6.